The number of carbonyl (C=O) groups is 4. The van der Waals surface area contributed by atoms with Crippen LogP contribution in [0.2, 0.25) is 0 Å². The maximum Gasteiger partial charge on any atom is 0.509 e. The molecule has 2 N–H and O–H groups in total. The molecule has 0 aromatic carbocycles. The van der Waals surface area contributed by atoms with Gasteiger partial charge in [0.1, 0.15) is 29.7 Å². The highest BCUT2D eigenvalue weighted by Crippen LogP contribution is 2.44. The van der Waals surface area contributed by atoms with E-state index < -0.39 is 83.6 Å². The Bertz CT molecular complexity index is 1160. The molecule has 0 unspecified atom stereocenters. The Morgan fingerprint density at radius 2 is 1.75 bits per heavy atom. The lowest BCUT2D eigenvalue weighted by Crippen LogP contribution is -2.45. The van der Waals surface area contributed by atoms with Crippen molar-refractivity contribution in [3.63, 3.8) is 0 Å². The number of thioether (sulfide) groups is 1. The van der Waals surface area contributed by atoms with Gasteiger partial charge >= 0.3 is 35.8 Å². The molecule has 1 saturated heterocycles. The van der Waals surface area contributed by atoms with Gasteiger partial charge in [0.15, 0.2) is 0 Å². The number of hydrogen-bond acceptors (Lipinski definition) is 12. The van der Waals surface area contributed by atoms with Crippen LogP contribution in [0.1, 0.15) is 47.8 Å². The Morgan fingerprint density at radius 3 is 2.30 bits per heavy atom. The molecule has 40 heavy (non-hydrogen) atoms. The van der Waals surface area contributed by atoms with Crippen molar-refractivity contribution in [1.82, 2.24) is 9.55 Å². The van der Waals surface area contributed by atoms with Crippen LogP contribution in [-0.2, 0) is 33.3 Å². The van der Waals surface area contributed by atoms with E-state index in [-0.39, 0.29) is 5.82 Å². The molecular weight excluding hydrogens is 564 g/mol. The van der Waals surface area contributed by atoms with Gasteiger partial charge in [-0.15, -0.1) is 11.8 Å². The van der Waals surface area contributed by atoms with Gasteiger partial charge in [0.05, 0.1) is 11.5 Å². The molecule has 0 saturated carbocycles. The van der Waals surface area contributed by atoms with Crippen molar-refractivity contribution in [2.24, 2.45) is 0 Å². The summed E-state index contributed by atoms with van der Waals surface area (Å²) in [6.45, 7) is 8.43. The molecule has 1 aliphatic rings. The Labute approximate surface area is 231 Å². The van der Waals surface area contributed by atoms with Crippen molar-refractivity contribution in [3.05, 3.63) is 22.7 Å². The molecule has 1 aliphatic heterocycles. The number of rotatable bonds is 9. The molecule has 0 bridgehead atoms. The van der Waals surface area contributed by atoms with E-state index in [1.54, 1.807) is 20.8 Å². The fourth-order valence-electron chi connectivity index (χ4n) is 3.13. The van der Waals surface area contributed by atoms with Crippen LogP contribution in [0.15, 0.2) is 17.1 Å². The normalized spacial score (nSPS) is 20.4. The van der Waals surface area contributed by atoms with Gasteiger partial charge in [-0.3, -0.25) is 19.5 Å². The minimum Gasteiger partial charge on any atom is -0.481 e. The van der Waals surface area contributed by atoms with Crippen LogP contribution in [0.3, 0.4) is 0 Å². The van der Waals surface area contributed by atoms with E-state index in [4.69, 9.17) is 28.8 Å². The van der Waals surface area contributed by atoms with Crippen LogP contribution < -0.4 is 11.0 Å². The average molecular weight is 596 g/mol. The molecule has 224 valence electrons. The third-order valence-electron chi connectivity index (χ3n) is 4.53. The lowest BCUT2D eigenvalue weighted by molar-refractivity contribution is -0.149. The van der Waals surface area contributed by atoms with E-state index in [9.17, 15) is 24.0 Å². The maximum absolute atomic E-state index is 15.5. The molecule has 1 fully saturated rings. The first-order valence-electron chi connectivity index (χ1n) is 11.8. The molecule has 0 spiro atoms. The summed E-state index contributed by atoms with van der Waals surface area (Å²) in [6.07, 6.45) is -8.00. The zero-order chi connectivity index (χ0) is 30.5. The summed E-state index contributed by atoms with van der Waals surface area (Å²) in [4.78, 5) is 62.9. The van der Waals surface area contributed by atoms with Gasteiger partial charge in [0.25, 0.3) is 0 Å². The Hall–Kier alpha value is -3.47. The number of ether oxygens (including phenoxy) is 5. The number of hydrogen-bond donors (Lipinski definition) is 2. The van der Waals surface area contributed by atoms with E-state index in [1.807, 2.05) is 0 Å². The van der Waals surface area contributed by atoms with Crippen molar-refractivity contribution >= 4 is 41.8 Å². The number of carbonyl (C=O) groups excluding carboxylic acids is 3. The number of alkyl halides is 2. The predicted molar refractivity (Wildman–Crippen MR) is 134 cm³/mol. The van der Waals surface area contributed by atoms with E-state index in [1.165, 1.54) is 20.8 Å². The lowest BCUT2D eigenvalue weighted by Gasteiger charge is -2.26. The summed E-state index contributed by atoms with van der Waals surface area (Å²) >= 11 is 0.716. The summed E-state index contributed by atoms with van der Waals surface area (Å²) in [5.41, 5.74) is -3.20. The molecule has 0 aliphatic carbocycles. The second-order valence-corrected chi connectivity index (χ2v) is 11.4. The zero-order valence-electron chi connectivity index (χ0n) is 22.6. The Balaban J connectivity index is 2.26. The van der Waals surface area contributed by atoms with E-state index in [0.717, 1.165) is 12.3 Å². The molecule has 2 heterocycles. The van der Waals surface area contributed by atoms with Gasteiger partial charge in [0, 0.05) is 6.20 Å². The number of carboxylic acid groups (broad SMARTS) is 1. The van der Waals surface area contributed by atoms with Gasteiger partial charge in [-0.25, -0.2) is 14.4 Å². The SMILES string of the molecule is CC(C)(C)OC(=O)Nc1ccn([C@@H]2O[C@H](COC(=O)CSCC(=O)O)[C@@H](OC(=O)OC(C)(C)C)C2(F)F)c(=O)n1. The van der Waals surface area contributed by atoms with Crippen LogP contribution in [0, 0.1) is 0 Å². The lowest BCUT2D eigenvalue weighted by atomic mass is 10.1. The van der Waals surface area contributed by atoms with Gasteiger partial charge in [-0.2, -0.15) is 13.8 Å². The van der Waals surface area contributed by atoms with E-state index >= 15 is 8.78 Å². The molecular formula is C23H31F2N3O11S. The second kappa shape index (κ2) is 12.8. The summed E-state index contributed by atoms with van der Waals surface area (Å²) in [5.74, 6) is -7.24. The van der Waals surface area contributed by atoms with Crippen molar-refractivity contribution < 1.29 is 56.7 Å². The summed E-state index contributed by atoms with van der Waals surface area (Å²) in [7, 11) is 0. The second-order valence-electron chi connectivity index (χ2n) is 10.4. The number of esters is 1. The third kappa shape index (κ3) is 9.93. The monoisotopic (exact) mass is 595 g/mol. The number of anilines is 1. The molecule has 0 radical (unpaired) electrons. The first-order valence-corrected chi connectivity index (χ1v) is 12.9. The predicted octanol–water partition coefficient (Wildman–Crippen LogP) is 2.80. The molecule has 1 aromatic heterocycles. The van der Waals surface area contributed by atoms with Crippen molar-refractivity contribution in [2.45, 2.75) is 77.1 Å². The Kier molecular flexibility index (Phi) is 10.5. The summed E-state index contributed by atoms with van der Waals surface area (Å²) in [6, 6.07) is 1.04. The van der Waals surface area contributed by atoms with Crippen LogP contribution in [0.25, 0.3) is 0 Å². The first kappa shape index (κ1) is 32.7. The third-order valence-corrected chi connectivity index (χ3v) is 5.42. The first-order chi connectivity index (χ1) is 18.3. The number of halogens is 2. The minimum absolute atomic E-state index is 0.289. The number of nitrogens with one attached hydrogen (secondary N) is 1. The highest BCUT2D eigenvalue weighted by molar-refractivity contribution is 8.00. The van der Waals surface area contributed by atoms with Gasteiger partial charge in [-0.05, 0) is 47.6 Å². The van der Waals surface area contributed by atoms with Gasteiger partial charge in [0.2, 0.25) is 12.3 Å². The smallest absolute Gasteiger partial charge is 0.481 e. The number of carboxylic acids is 1. The van der Waals surface area contributed by atoms with Crippen molar-refractivity contribution in [3.8, 4) is 0 Å². The standard InChI is InChI=1S/C23H31F2N3O11S/c1-21(2,3)38-19(33)27-13-7-8-28(18(32)26-13)17-23(24,25)16(37-20(34)39-22(4,5)6)12(36-17)9-35-15(31)11-40-10-14(29)30/h7-8,12,16-17H,9-11H2,1-6H3,(H,29,30)(H,26,27,32,33)/t12-,16-,17-/m1/s1. The van der Waals surface area contributed by atoms with Crippen LogP contribution in [0.5, 0.6) is 0 Å². The van der Waals surface area contributed by atoms with Crippen LogP contribution in [0.4, 0.5) is 24.2 Å². The molecule has 14 nitrogen and oxygen atoms in total. The topological polar surface area (TPSA) is 182 Å². The average Bonchev–Trinajstić information content (AvgIpc) is 2.99. The minimum atomic E-state index is -4.06. The Morgan fingerprint density at radius 1 is 1.12 bits per heavy atom. The van der Waals surface area contributed by atoms with Crippen molar-refractivity contribution in [2.75, 3.05) is 23.4 Å². The molecule has 17 heteroatoms. The molecule has 1 amide bonds. The molecule has 1 aromatic rings. The maximum atomic E-state index is 15.5. The van der Waals surface area contributed by atoms with Crippen LogP contribution >= 0.6 is 11.8 Å². The number of nitrogens with zero attached hydrogens (tertiary/aromatic N) is 2. The van der Waals surface area contributed by atoms with E-state index in [2.05, 4.69) is 10.3 Å². The highest BCUT2D eigenvalue weighted by Gasteiger charge is 2.63. The van der Waals surface area contributed by atoms with Gasteiger partial charge in [-0.1, -0.05) is 0 Å². The fourth-order valence-corrected chi connectivity index (χ4v) is 3.66. The molecule has 3 atom stereocenters. The van der Waals surface area contributed by atoms with Gasteiger partial charge < -0.3 is 28.8 Å². The largest absolute Gasteiger partial charge is 0.509 e. The van der Waals surface area contributed by atoms with E-state index in [0.29, 0.717) is 16.3 Å². The highest BCUT2D eigenvalue weighted by atomic mass is 32.2. The van der Waals surface area contributed by atoms with Crippen LogP contribution in [-0.4, -0.2) is 86.3 Å². The summed E-state index contributed by atoms with van der Waals surface area (Å²) in [5, 5.41) is 10.9. The van der Waals surface area contributed by atoms with Crippen molar-refractivity contribution in [1.29, 1.82) is 0 Å². The summed E-state index contributed by atoms with van der Waals surface area (Å²) < 4.78 is 56.6. The number of amides is 1. The number of aliphatic carboxylic acids is 1. The molecule has 2 rings (SSSR count). The quantitative estimate of drug-likeness (QED) is 0.314. The number of aromatic nitrogens is 2. The zero-order valence-corrected chi connectivity index (χ0v) is 23.4. The fraction of sp³-hybridized carbons (Fsp3) is 0.652.